The summed E-state index contributed by atoms with van der Waals surface area (Å²) in [5, 5.41) is 17.0. The van der Waals surface area contributed by atoms with E-state index >= 15 is 0 Å². The van der Waals surface area contributed by atoms with Crippen LogP contribution in [-0.4, -0.2) is 47.1 Å². The van der Waals surface area contributed by atoms with Gasteiger partial charge in [0.2, 0.25) is 0 Å². The molecule has 34 heavy (non-hydrogen) atoms. The first kappa shape index (κ1) is 25.5. The molecular weight excluding hydrogens is 440 g/mol. The third kappa shape index (κ3) is 6.07. The highest BCUT2D eigenvalue weighted by Gasteiger charge is 2.23. The van der Waals surface area contributed by atoms with Gasteiger partial charge >= 0.3 is 0 Å². The summed E-state index contributed by atoms with van der Waals surface area (Å²) in [6, 6.07) is 7.49. The number of aromatic nitrogens is 1. The molecule has 2 atom stereocenters. The Bertz CT molecular complexity index is 1160. The van der Waals surface area contributed by atoms with Crippen LogP contribution in [0.1, 0.15) is 53.0 Å². The van der Waals surface area contributed by atoms with Gasteiger partial charge in [0, 0.05) is 47.4 Å². The number of aliphatic hydroxyl groups excluding tert-OH is 1. The van der Waals surface area contributed by atoms with Gasteiger partial charge in [-0.25, -0.2) is 8.78 Å². The Balaban J connectivity index is 1.90. The van der Waals surface area contributed by atoms with Gasteiger partial charge in [-0.1, -0.05) is 19.4 Å². The number of aryl methyl sites for hydroxylation is 1. The second-order valence-corrected chi connectivity index (χ2v) is 8.56. The Morgan fingerprint density at radius 1 is 1.12 bits per heavy atom. The molecule has 0 aliphatic carbocycles. The Morgan fingerprint density at radius 3 is 2.44 bits per heavy atom. The van der Waals surface area contributed by atoms with Gasteiger partial charge in [-0.05, 0) is 56.6 Å². The molecule has 0 bridgehead atoms. The van der Waals surface area contributed by atoms with Gasteiger partial charge in [-0.15, -0.1) is 0 Å². The van der Waals surface area contributed by atoms with Crippen LogP contribution in [0, 0.1) is 11.6 Å². The predicted octanol–water partition coefficient (Wildman–Crippen LogP) is 3.84. The van der Waals surface area contributed by atoms with Crippen molar-refractivity contribution in [2.45, 2.75) is 51.8 Å². The SMILES string of the molecule is CCCCn1cc(C(C)=O)c2ccc(C(=O)NC(Cc3cc(F)cc(F)c3)C(O)CNC)cc21. The fraction of sp³-hybridized carbons (Fsp3) is 0.385. The molecule has 2 unspecified atom stereocenters. The molecule has 1 heterocycles. The number of unbranched alkanes of at least 4 members (excludes halogenated alkanes) is 1. The number of amides is 1. The minimum absolute atomic E-state index is 0.0463. The number of nitrogens with one attached hydrogen (secondary N) is 2. The number of halogens is 2. The van der Waals surface area contributed by atoms with Crippen LogP contribution >= 0.6 is 0 Å². The molecular formula is C26H31F2N3O3. The molecule has 6 nitrogen and oxygen atoms in total. The largest absolute Gasteiger partial charge is 0.390 e. The highest BCUT2D eigenvalue weighted by Crippen LogP contribution is 2.24. The van der Waals surface area contributed by atoms with Crippen molar-refractivity contribution in [2.75, 3.05) is 13.6 Å². The number of likely N-dealkylation sites (N-methyl/N-ethyl adjacent to an activating group) is 1. The molecule has 0 fully saturated rings. The van der Waals surface area contributed by atoms with Crippen LogP contribution in [0.15, 0.2) is 42.6 Å². The third-order valence-electron chi connectivity index (χ3n) is 5.85. The van der Waals surface area contributed by atoms with Crippen LogP contribution in [0.3, 0.4) is 0 Å². The molecule has 1 aromatic heterocycles. The second kappa shape index (κ2) is 11.4. The van der Waals surface area contributed by atoms with E-state index in [1.807, 2.05) is 10.8 Å². The van der Waals surface area contributed by atoms with E-state index in [9.17, 15) is 23.5 Å². The molecule has 0 spiro atoms. The summed E-state index contributed by atoms with van der Waals surface area (Å²) in [6.45, 7) is 4.50. The number of ketones is 1. The lowest BCUT2D eigenvalue weighted by Gasteiger charge is -2.24. The number of hydrogen-bond donors (Lipinski definition) is 3. The number of aliphatic hydroxyl groups is 1. The average Bonchev–Trinajstić information content (AvgIpc) is 3.14. The van der Waals surface area contributed by atoms with Gasteiger partial charge < -0.3 is 20.3 Å². The molecule has 3 rings (SSSR count). The Kier molecular flexibility index (Phi) is 8.52. The van der Waals surface area contributed by atoms with Gasteiger partial charge in [0.1, 0.15) is 11.6 Å². The molecule has 0 aliphatic heterocycles. The van der Waals surface area contributed by atoms with E-state index in [0.29, 0.717) is 16.7 Å². The van der Waals surface area contributed by atoms with Crippen molar-refractivity contribution in [2.24, 2.45) is 0 Å². The van der Waals surface area contributed by atoms with Crippen molar-refractivity contribution in [1.82, 2.24) is 15.2 Å². The van der Waals surface area contributed by atoms with Crippen molar-refractivity contribution in [1.29, 1.82) is 0 Å². The molecule has 0 saturated heterocycles. The lowest BCUT2D eigenvalue weighted by molar-refractivity contribution is 0.0834. The van der Waals surface area contributed by atoms with Crippen LogP contribution in [0.25, 0.3) is 10.9 Å². The average molecular weight is 472 g/mol. The van der Waals surface area contributed by atoms with Crippen molar-refractivity contribution < 1.29 is 23.5 Å². The maximum atomic E-state index is 13.7. The standard InChI is InChI=1S/C26H31F2N3O3/c1-4-5-8-31-15-22(16(2)32)21-7-6-18(12-24(21)31)26(34)30-23(25(33)14-29-3)11-17-9-19(27)13-20(28)10-17/h6-7,9-10,12-13,15,23,25,29,33H,4-5,8,11,14H2,1-3H3,(H,30,34). The maximum absolute atomic E-state index is 13.7. The predicted molar refractivity (Wildman–Crippen MR) is 128 cm³/mol. The highest BCUT2D eigenvalue weighted by molar-refractivity contribution is 6.08. The first-order valence-corrected chi connectivity index (χ1v) is 11.5. The number of carbonyl (C=O) groups is 2. The van der Waals surface area contributed by atoms with E-state index in [-0.39, 0.29) is 18.7 Å². The summed E-state index contributed by atoms with van der Waals surface area (Å²) in [4.78, 5) is 25.2. The third-order valence-corrected chi connectivity index (χ3v) is 5.85. The Morgan fingerprint density at radius 2 is 1.82 bits per heavy atom. The molecule has 1 amide bonds. The first-order valence-electron chi connectivity index (χ1n) is 11.5. The quantitative estimate of drug-likeness (QED) is 0.371. The normalized spacial score (nSPS) is 13.1. The van der Waals surface area contributed by atoms with Gasteiger partial charge in [-0.2, -0.15) is 0 Å². The van der Waals surface area contributed by atoms with E-state index in [1.165, 1.54) is 19.1 Å². The summed E-state index contributed by atoms with van der Waals surface area (Å²) in [5.41, 5.74) is 2.08. The zero-order chi connectivity index (χ0) is 24.8. The van der Waals surface area contributed by atoms with Gasteiger partial charge in [0.05, 0.1) is 12.1 Å². The summed E-state index contributed by atoms with van der Waals surface area (Å²) in [6.07, 6.45) is 2.80. The fourth-order valence-electron chi connectivity index (χ4n) is 4.10. The van der Waals surface area contributed by atoms with E-state index in [4.69, 9.17) is 0 Å². The Labute approximate surface area is 198 Å². The zero-order valence-corrected chi connectivity index (χ0v) is 19.7. The van der Waals surface area contributed by atoms with E-state index < -0.39 is 29.7 Å². The summed E-state index contributed by atoms with van der Waals surface area (Å²) in [7, 11) is 1.66. The van der Waals surface area contributed by atoms with Crippen molar-refractivity contribution in [3.05, 3.63) is 70.9 Å². The zero-order valence-electron chi connectivity index (χ0n) is 19.7. The minimum Gasteiger partial charge on any atom is -0.390 e. The molecule has 3 aromatic rings. The number of hydrogen-bond acceptors (Lipinski definition) is 4. The van der Waals surface area contributed by atoms with Crippen LogP contribution in [-0.2, 0) is 13.0 Å². The topological polar surface area (TPSA) is 83.4 Å². The number of benzene rings is 2. The smallest absolute Gasteiger partial charge is 0.251 e. The molecule has 3 N–H and O–H groups in total. The molecule has 8 heteroatoms. The maximum Gasteiger partial charge on any atom is 0.251 e. The van der Waals surface area contributed by atoms with Gasteiger partial charge in [-0.3, -0.25) is 9.59 Å². The number of fused-ring (bicyclic) bond motifs is 1. The van der Waals surface area contributed by atoms with Crippen molar-refractivity contribution in [3.8, 4) is 0 Å². The number of nitrogens with zero attached hydrogens (tertiary/aromatic N) is 1. The van der Waals surface area contributed by atoms with Crippen LogP contribution in [0.4, 0.5) is 8.78 Å². The van der Waals surface area contributed by atoms with E-state index in [0.717, 1.165) is 36.4 Å². The first-order chi connectivity index (χ1) is 16.2. The van der Waals surface area contributed by atoms with Crippen LogP contribution < -0.4 is 10.6 Å². The summed E-state index contributed by atoms with van der Waals surface area (Å²) >= 11 is 0. The monoisotopic (exact) mass is 471 g/mol. The molecule has 2 aromatic carbocycles. The number of Topliss-reactive ketones (excluding diaryl/α,β-unsaturated/α-hetero) is 1. The molecule has 0 saturated carbocycles. The summed E-state index contributed by atoms with van der Waals surface area (Å²) in [5.74, 6) is -1.91. The van der Waals surface area contributed by atoms with Crippen LogP contribution in [0.5, 0.6) is 0 Å². The number of rotatable bonds is 11. The van der Waals surface area contributed by atoms with Gasteiger partial charge in [0.25, 0.3) is 5.91 Å². The number of carbonyl (C=O) groups excluding carboxylic acids is 2. The van der Waals surface area contributed by atoms with E-state index in [2.05, 4.69) is 17.6 Å². The lowest BCUT2D eigenvalue weighted by Crippen LogP contribution is -2.48. The second-order valence-electron chi connectivity index (χ2n) is 8.56. The molecule has 0 aliphatic rings. The summed E-state index contributed by atoms with van der Waals surface area (Å²) < 4.78 is 29.3. The molecule has 182 valence electrons. The van der Waals surface area contributed by atoms with Crippen molar-refractivity contribution in [3.63, 3.8) is 0 Å². The fourth-order valence-corrected chi connectivity index (χ4v) is 4.10. The Hall–Kier alpha value is -3.10. The van der Waals surface area contributed by atoms with Gasteiger partial charge in [0.15, 0.2) is 5.78 Å². The minimum atomic E-state index is -0.984. The van der Waals surface area contributed by atoms with Crippen molar-refractivity contribution >= 4 is 22.6 Å². The lowest BCUT2D eigenvalue weighted by atomic mass is 10.00. The highest BCUT2D eigenvalue weighted by atomic mass is 19.1. The molecule has 0 radical (unpaired) electrons. The van der Waals surface area contributed by atoms with Crippen LogP contribution in [0.2, 0.25) is 0 Å². The van der Waals surface area contributed by atoms with E-state index in [1.54, 1.807) is 25.2 Å².